The largest absolute Gasteiger partial charge is 0.496 e. The summed E-state index contributed by atoms with van der Waals surface area (Å²) in [6, 6.07) is 7.71. The fraction of sp³-hybridized carbons (Fsp3) is 0.625. The molecule has 0 spiro atoms. The molecule has 0 aliphatic carbocycles. The SMILES string of the molecule is COc1ccccc1C(CO)O[C@H]1C[C@H]2CC[C@@H](C1)O2. The lowest BCUT2D eigenvalue weighted by Gasteiger charge is -2.31. The lowest BCUT2D eigenvalue weighted by molar-refractivity contribution is -0.115. The lowest BCUT2D eigenvalue weighted by atomic mass is 10.0. The zero-order chi connectivity index (χ0) is 13.9. The van der Waals surface area contributed by atoms with E-state index in [2.05, 4.69) is 0 Å². The number of para-hydroxylation sites is 1. The molecule has 0 aromatic heterocycles. The highest BCUT2D eigenvalue weighted by atomic mass is 16.5. The quantitative estimate of drug-likeness (QED) is 0.899. The van der Waals surface area contributed by atoms with E-state index in [1.807, 2.05) is 24.3 Å². The second-order valence-electron chi connectivity index (χ2n) is 5.60. The Bertz CT molecular complexity index is 436. The van der Waals surface area contributed by atoms with E-state index in [1.165, 1.54) is 0 Å². The van der Waals surface area contributed by atoms with Crippen LogP contribution < -0.4 is 4.74 Å². The number of hydrogen-bond donors (Lipinski definition) is 1. The van der Waals surface area contributed by atoms with Crippen molar-refractivity contribution in [1.29, 1.82) is 0 Å². The summed E-state index contributed by atoms with van der Waals surface area (Å²) >= 11 is 0. The molecule has 0 saturated carbocycles. The standard InChI is InChI=1S/C16H22O4/c1-18-15-5-3-2-4-14(15)16(10-17)20-13-8-11-6-7-12(9-13)19-11/h2-5,11-13,16-17H,6-10H2,1H3/t11-,12+,13+,16?. The maximum atomic E-state index is 9.67. The van der Waals surface area contributed by atoms with Crippen molar-refractivity contribution in [3.8, 4) is 5.75 Å². The smallest absolute Gasteiger partial charge is 0.124 e. The van der Waals surface area contributed by atoms with E-state index in [4.69, 9.17) is 14.2 Å². The van der Waals surface area contributed by atoms with Crippen LogP contribution in [0.25, 0.3) is 0 Å². The van der Waals surface area contributed by atoms with Crippen LogP contribution in [0.15, 0.2) is 24.3 Å². The third kappa shape index (κ3) is 2.82. The number of benzene rings is 1. The molecule has 0 amide bonds. The minimum atomic E-state index is -0.325. The van der Waals surface area contributed by atoms with Gasteiger partial charge in [0, 0.05) is 5.56 Å². The number of methoxy groups -OCH3 is 1. The topological polar surface area (TPSA) is 47.9 Å². The van der Waals surface area contributed by atoms with Gasteiger partial charge in [0.05, 0.1) is 32.0 Å². The molecule has 1 aromatic rings. The van der Waals surface area contributed by atoms with Gasteiger partial charge in [0.1, 0.15) is 11.9 Å². The Morgan fingerprint density at radius 2 is 1.95 bits per heavy atom. The summed E-state index contributed by atoms with van der Waals surface area (Å²) in [5.41, 5.74) is 0.913. The second-order valence-corrected chi connectivity index (χ2v) is 5.60. The van der Waals surface area contributed by atoms with Gasteiger partial charge in [-0.2, -0.15) is 0 Å². The van der Waals surface area contributed by atoms with E-state index < -0.39 is 0 Å². The van der Waals surface area contributed by atoms with Crippen LogP contribution >= 0.6 is 0 Å². The van der Waals surface area contributed by atoms with Crippen molar-refractivity contribution in [3.05, 3.63) is 29.8 Å². The summed E-state index contributed by atoms with van der Waals surface area (Å²) in [4.78, 5) is 0. The van der Waals surface area contributed by atoms with Gasteiger partial charge in [-0.1, -0.05) is 18.2 Å². The Hall–Kier alpha value is -1.10. The molecule has 2 bridgehead atoms. The molecular weight excluding hydrogens is 256 g/mol. The molecule has 2 aliphatic heterocycles. The maximum Gasteiger partial charge on any atom is 0.124 e. The van der Waals surface area contributed by atoms with Gasteiger partial charge in [-0.25, -0.2) is 0 Å². The summed E-state index contributed by atoms with van der Waals surface area (Å²) in [5, 5.41) is 9.67. The lowest BCUT2D eigenvalue weighted by Crippen LogP contribution is -2.32. The van der Waals surface area contributed by atoms with Gasteiger partial charge in [-0.3, -0.25) is 0 Å². The van der Waals surface area contributed by atoms with Gasteiger partial charge in [-0.05, 0) is 31.7 Å². The molecule has 1 aromatic carbocycles. The Labute approximate surface area is 119 Å². The molecule has 0 radical (unpaired) electrons. The fourth-order valence-corrected chi connectivity index (χ4v) is 3.30. The van der Waals surface area contributed by atoms with Crippen molar-refractivity contribution in [3.63, 3.8) is 0 Å². The van der Waals surface area contributed by atoms with Crippen molar-refractivity contribution in [2.75, 3.05) is 13.7 Å². The van der Waals surface area contributed by atoms with Crippen LogP contribution in [0, 0.1) is 0 Å². The fourth-order valence-electron chi connectivity index (χ4n) is 3.30. The Kier molecular flexibility index (Phi) is 4.24. The highest BCUT2D eigenvalue weighted by Crippen LogP contribution is 2.37. The van der Waals surface area contributed by atoms with Crippen molar-refractivity contribution in [2.24, 2.45) is 0 Å². The Morgan fingerprint density at radius 3 is 2.60 bits per heavy atom. The van der Waals surface area contributed by atoms with Gasteiger partial charge in [0.15, 0.2) is 0 Å². The third-order valence-electron chi connectivity index (χ3n) is 4.26. The first-order valence-electron chi connectivity index (χ1n) is 7.35. The molecule has 1 N–H and O–H groups in total. The molecule has 20 heavy (non-hydrogen) atoms. The predicted molar refractivity (Wildman–Crippen MR) is 74.8 cm³/mol. The number of aliphatic hydroxyl groups excluding tert-OH is 1. The molecule has 1 unspecified atom stereocenters. The summed E-state index contributed by atoms with van der Waals surface area (Å²) < 4.78 is 17.3. The molecule has 3 rings (SSSR count). The molecular formula is C16H22O4. The first-order valence-corrected chi connectivity index (χ1v) is 7.35. The van der Waals surface area contributed by atoms with Gasteiger partial charge >= 0.3 is 0 Å². The highest BCUT2D eigenvalue weighted by molar-refractivity contribution is 5.35. The zero-order valence-electron chi connectivity index (χ0n) is 11.8. The average molecular weight is 278 g/mol. The van der Waals surface area contributed by atoms with Crippen LogP contribution in [0.1, 0.15) is 37.4 Å². The van der Waals surface area contributed by atoms with Crippen LogP contribution in [-0.4, -0.2) is 37.1 Å². The molecule has 2 fully saturated rings. The Morgan fingerprint density at radius 1 is 1.25 bits per heavy atom. The monoisotopic (exact) mass is 278 g/mol. The number of aliphatic hydroxyl groups is 1. The van der Waals surface area contributed by atoms with Crippen LogP contribution in [0.3, 0.4) is 0 Å². The first kappa shape index (κ1) is 13.9. The molecule has 110 valence electrons. The molecule has 4 heteroatoms. The number of hydrogen-bond acceptors (Lipinski definition) is 4. The number of fused-ring (bicyclic) bond motifs is 2. The molecule has 2 saturated heterocycles. The van der Waals surface area contributed by atoms with Gasteiger partial charge in [0.25, 0.3) is 0 Å². The molecule has 2 heterocycles. The van der Waals surface area contributed by atoms with E-state index in [9.17, 15) is 5.11 Å². The summed E-state index contributed by atoms with van der Waals surface area (Å²) in [5.74, 6) is 0.765. The van der Waals surface area contributed by atoms with Gasteiger partial charge in [0.2, 0.25) is 0 Å². The maximum absolute atomic E-state index is 9.67. The van der Waals surface area contributed by atoms with Crippen LogP contribution in [0.5, 0.6) is 5.75 Å². The van der Waals surface area contributed by atoms with Crippen LogP contribution in [0.4, 0.5) is 0 Å². The van der Waals surface area contributed by atoms with E-state index in [0.29, 0.717) is 12.2 Å². The summed E-state index contributed by atoms with van der Waals surface area (Å²) in [6.07, 6.45) is 4.68. The van der Waals surface area contributed by atoms with Crippen molar-refractivity contribution in [2.45, 2.75) is 50.1 Å². The molecule has 4 nitrogen and oxygen atoms in total. The van der Waals surface area contributed by atoms with Crippen LogP contribution in [0.2, 0.25) is 0 Å². The van der Waals surface area contributed by atoms with Crippen molar-refractivity contribution < 1.29 is 19.3 Å². The van der Waals surface area contributed by atoms with E-state index >= 15 is 0 Å². The minimum absolute atomic E-state index is 0.0347. The third-order valence-corrected chi connectivity index (χ3v) is 4.26. The van der Waals surface area contributed by atoms with Gasteiger partial charge in [-0.15, -0.1) is 0 Å². The van der Waals surface area contributed by atoms with Gasteiger partial charge < -0.3 is 19.3 Å². The predicted octanol–water partition coefficient (Wildman–Crippen LogP) is 2.46. The van der Waals surface area contributed by atoms with Crippen molar-refractivity contribution in [1.82, 2.24) is 0 Å². The van der Waals surface area contributed by atoms with Crippen molar-refractivity contribution >= 4 is 0 Å². The number of ether oxygens (including phenoxy) is 3. The average Bonchev–Trinajstić information content (AvgIpc) is 2.83. The minimum Gasteiger partial charge on any atom is -0.496 e. The molecule has 2 aliphatic rings. The summed E-state index contributed by atoms with van der Waals surface area (Å²) in [6.45, 7) is -0.0347. The number of rotatable bonds is 5. The molecule has 4 atom stereocenters. The van der Waals surface area contributed by atoms with Crippen LogP contribution in [-0.2, 0) is 9.47 Å². The summed E-state index contributed by atoms with van der Waals surface area (Å²) in [7, 11) is 1.64. The zero-order valence-corrected chi connectivity index (χ0v) is 11.8. The Balaban J connectivity index is 1.70. The normalized spacial score (nSPS) is 30.2. The highest BCUT2D eigenvalue weighted by Gasteiger charge is 2.36. The van der Waals surface area contributed by atoms with E-state index in [0.717, 1.165) is 37.0 Å². The van der Waals surface area contributed by atoms with E-state index in [-0.39, 0.29) is 18.8 Å². The first-order chi connectivity index (χ1) is 9.80. The second kappa shape index (κ2) is 6.12. The van der Waals surface area contributed by atoms with E-state index in [1.54, 1.807) is 7.11 Å².